The van der Waals surface area contributed by atoms with Crippen molar-refractivity contribution in [3.8, 4) is 0 Å². The molecule has 3 N–H and O–H groups in total. The third-order valence-corrected chi connectivity index (χ3v) is 3.45. The number of halogens is 1. The fraction of sp³-hybridized carbons (Fsp3) is 0.308. The van der Waals surface area contributed by atoms with Gasteiger partial charge in [0.1, 0.15) is 0 Å². The minimum atomic E-state index is -0.0980. The summed E-state index contributed by atoms with van der Waals surface area (Å²) in [6.45, 7) is 2.07. The molecule has 5 heteroatoms. The minimum absolute atomic E-state index is 0.00337. The van der Waals surface area contributed by atoms with Gasteiger partial charge in [0.2, 0.25) is 5.91 Å². The van der Waals surface area contributed by atoms with Gasteiger partial charge in [-0.05, 0) is 31.1 Å². The summed E-state index contributed by atoms with van der Waals surface area (Å²) < 4.78 is 0.975. The van der Waals surface area contributed by atoms with Gasteiger partial charge in [0.05, 0.1) is 6.17 Å². The van der Waals surface area contributed by atoms with Crippen molar-refractivity contribution in [1.29, 1.82) is 0 Å². The van der Waals surface area contributed by atoms with Gasteiger partial charge >= 0.3 is 0 Å². The van der Waals surface area contributed by atoms with E-state index in [1.54, 1.807) is 12.2 Å². The zero-order chi connectivity index (χ0) is 13.0. The first-order valence-electron chi connectivity index (χ1n) is 5.89. The highest BCUT2D eigenvalue weighted by molar-refractivity contribution is 9.10. The Labute approximate surface area is 115 Å². The van der Waals surface area contributed by atoms with Crippen LogP contribution in [0.3, 0.4) is 0 Å². The molecule has 1 amide bonds. The van der Waals surface area contributed by atoms with Crippen molar-refractivity contribution in [3.05, 3.63) is 40.4 Å². The van der Waals surface area contributed by atoms with E-state index in [9.17, 15) is 4.79 Å². The molecule has 0 aliphatic carbocycles. The summed E-state index contributed by atoms with van der Waals surface area (Å²) in [7, 11) is 0. The highest BCUT2D eigenvalue weighted by Crippen LogP contribution is 2.16. The summed E-state index contributed by atoms with van der Waals surface area (Å²) in [5.74, 6) is -0.0980. The van der Waals surface area contributed by atoms with Crippen molar-refractivity contribution >= 4 is 27.9 Å². The zero-order valence-corrected chi connectivity index (χ0v) is 11.7. The molecule has 1 aliphatic heterocycles. The lowest BCUT2D eigenvalue weighted by Crippen LogP contribution is -2.43. The number of rotatable bonds is 3. The van der Waals surface area contributed by atoms with Gasteiger partial charge in [-0.3, -0.25) is 10.2 Å². The molecule has 2 rings (SSSR count). The summed E-state index contributed by atoms with van der Waals surface area (Å²) in [5, 5.41) is 2.88. The minimum Gasteiger partial charge on any atom is -0.336 e. The summed E-state index contributed by atoms with van der Waals surface area (Å²) in [5.41, 5.74) is 7.07. The molecule has 4 nitrogen and oxygen atoms in total. The van der Waals surface area contributed by atoms with Crippen LogP contribution in [0.25, 0.3) is 6.08 Å². The molecule has 1 saturated heterocycles. The summed E-state index contributed by atoms with van der Waals surface area (Å²) in [4.78, 5) is 11.7. The standard InChI is InChI=1S/C13H16BrN3O/c1-9-8-12(17-16-9)15-13(18)7-6-10-4-2-3-5-11(10)14/h2-7,9,12,16-17H,8H2,1H3,(H,15,18)/b7-6+. The number of carbonyl (C=O) groups is 1. The van der Waals surface area contributed by atoms with E-state index in [0.717, 1.165) is 16.5 Å². The second kappa shape index (κ2) is 6.13. The van der Waals surface area contributed by atoms with Crippen LogP contribution in [-0.4, -0.2) is 18.1 Å². The topological polar surface area (TPSA) is 53.2 Å². The molecule has 0 spiro atoms. The molecule has 0 bridgehead atoms. The Balaban J connectivity index is 1.89. The van der Waals surface area contributed by atoms with Gasteiger partial charge < -0.3 is 5.32 Å². The highest BCUT2D eigenvalue weighted by Gasteiger charge is 2.20. The molecule has 1 aromatic carbocycles. The van der Waals surface area contributed by atoms with E-state index in [4.69, 9.17) is 0 Å². The molecule has 1 aliphatic rings. The summed E-state index contributed by atoms with van der Waals surface area (Å²) in [6, 6.07) is 8.15. The lowest BCUT2D eigenvalue weighted by Gasteiger charge is -2.09. The van der Waals surface area contributed by atoms with Gasteiger partial charge in [-0.25, -0.2) is 5.43 Å². The van der Waals surface area contributed by atoms with Gasteiger partial charge in [0.15, 0.2) is 0 Å². The second-order valence-corrected chi connectivity index (χ2v) is 5.20. The Kier molecular flexibility index (Phi) is 4.52. The molecule has 2 atom stereocenters. The first kappa shape index (κ1) is 13.3. The fourth-order valence-corrected chi connectivity index (χ4v) is 2.22. The predicted octanol–water partition coefficient (Wildman–Crippen LogP) is 1.79. The number of hydrazine groups is 1. The van der Waals surface area contributed by atoms with Crippen LogP contribution in [0.1, 0.15) is 18.9 Å². The number of carbonyl (C=O) groups excluding carboxylic acids is 1. The highest BCUT2D eigenvalue weighted by atomic mass is 79.9. The van der Waals surface area contributed by atoms with E-state index in [1.165, 1.54) is 0 Å². The normalized spacial score (nSPS) is 23.4. The lowest BCUT2D eigenvalue weighted by atomic mass is 10.2. The molecule has 0 aromatic heterocycles. The van der Waals surface area contributed by atoms with Crippen LogP contribution in [0.4, 0.5) is 0 Å². The van der Waals surface area contributed by atoms with Crippen molar-refractivity contribution in [3.63, 3.8) is 0 Å². The Bertz CT molecular complexity index is 461. The Morgan fingerprint density at radius 3 is 2.89 bits per heavy atom. The summed E-state index contributed by atoms with van der Waals surface area (Å²) in [6.07, 6.45) is 4.22. The SMILES string of the molecule is CC1CC(NC(=O)/C=C/c2ccccc2Br)NN1. The summed E-state index contributed by atoms with van der Waals surface area (Å²) >= 11 is 3.44. The van der Waals surface area contributed by atoms with E-state index in [1.807, 2.05) is 24.3 Å². The molecule has 2 unspecified atom stereocenters. The van der Waals surface area contributed by atoms with E-state index in [-0.39, 0.29) is 12.1 Å². The van der Waals surface area contributed by atoms with Crippen LogP contribution in [0.15, 0.2) is 34.8 Å². The van der Waals surface area contributed by atoms with Crippen molar-refractivity contribution in [1.82, 2.24) is 16.2 Å². The monoisotopic (exact) mass is 309 g/mol. The molecule has 18 heavy (non-hydrogen) atoms. The average molecular weight is 310 g/mol. The van der Waals surface area contributed by atoms with Crippen LogP contribution in [-0.2, 0) is 4.79 Å². The molecule has 1 aromatic rings. The zero-order valence-electron chi connectivity index (χ0n) is 10.1. The first-order valence-corrected chi connectivity index (χ1v) is 6.68. The third kappa shape index (κ3) is 3.66. The maximum atomic E-state index is 11.7. The average Bonchev–Trinajstić information content (AvgIpc) is 2.74. The van der Waals surface area contributed by atoms with Crippen LogP contribution in [0, 0.1) is 0 Å². The van der Waals surface area contributed by atoms with Gasteiger partial charge in [0, 0.05) is 16.6 Å². The van der Waals surface area contributed by atoms with Gasteiger partial charge in [-0.1, -0.05) is 34.1 Å². The fourth-order valence-electron chi connectivity index (χ4n) is 1.80. The molecular weight excluding hydrogens is 294 g/mol. The number of nitrogens with one attached hydrogen (secondary N) is 3. The van der Waals surface area contributed by atoms with Crippen molar-refractivity contribution < 1.29 is 4.79 Å². The van der Waals surface area contributed by atoms with E-state index in [0.29, 0.717) is 6.04 Å². The van der Waals surface area contributed by atoms with E-state index in [2.05, 4.69) is 39.0 Å². The molecule has 0 radical (unpaired) electrons. The largest absolute Gasteiger partial charge is 0.336 e. The first-order chi connectivity index (χ1) is 8.65. The maximum absolute atomic E-state index is 11.7. The van der Waals surface area contributed by atoms with Gasteiger partial charge in [-0.15, -0.1) is 0 Å². The van der Waals surface area contributed by atoms with Gasteiger partial charge in [0.25, 0.3) is 0 Å². The molecule has 1 fully saturated rings. The maximum Gasteiger partial charge on any atom is 0.245 e. The molecule has 1 heterocycles. The Morgan fingerprint density at radius 2 is 2.22 bits per heavy atom. The second-order valence-electron chi connectivity index (χ2n) is 4.34. The van der Waals surface area contributed by atoms with Crippen molar-refractivity contribution in [2.24, 2.45) is 0 Å². The van der Waals surface area contributed by atoms with Crippen molar-refractivity contribution in [2.45, 2.75) is 25.6 Å². The van der Waals surface area contributed by atoms with Crippen LogP contribution in [0.2, 0.25) is 0 Å². The number of hydrogen-bond acceptors (Lipinski definition) is 3. The molecule has 0 saturated carbocycles. The van der Waals surface area contributed by atoms with E-state index >= 15 is 0 Å². The third-order valence-electron chi connectivity index (χ3n) is 2.73. The number of amides is 1. The van der Waals surface area contributed by atoms with Crippen LogP contribution < -0.4 is 16.2 Å². The Hall–Kier alpha value is -1.17. The number of hydrogen-bond donors (Lipinski definition) is 3. The Morgan fingerprint density at radius 1 is 1.44 bits per heavy atom. The van der Waals surface area contributed by atoms with Crippen LogP contribution >= 0.6 is 15.9 Å². The van der Waals surface area contributed by atoms with Gasteiger partial charge in [-0.2, -0.15) is 0 Å². The van der Waals surface area contributed by atoms with E-state index < -0.39 is 0 Å². The molecular formula is C13H16BrN3O. The smallest absolute Gasteiger partial charge is 0.245 e. The lowest BCUT2D eigenvalue weighted by molar-refractivity contribution is -0.117. The van der Waals surface area contributed by atoms with Crippen molar-refractivity contribution in [2.75, 3.05) is 0 Å². The quantitative estimate of drug-likeness (QED) is 0.746. The predicted molar refractivity (Wildman–Crippen MR) is 75.5 cm³/mol. The number of benzene rings is 1. The molecule has 96 valence electrons. The van der Waals surface area contributed by atoms with Crippen LogP contribution in [0.5, 0.6) is 0 Å².